The van der Waals surface area contributed by atoms with Gasteiger partial charge in [-0.3, -0.25) is 9.36 Å². The summed E-state index contributed by atoms with van der Waals surface area (Å²) < 4.78 is 1.37. The number of benzene rings is 1. The molecule has 4 nitrogen and oxygen atoms in total. The summed E-state index contributed by atoms with van der Waals surface area (Å²) in [6.07, 6.45) is 6.22. The smallest absolute Gasteiger partial charge is 0.263 e. The van der Waals surface area contributed by atoms with Crippen LogP contribution in [0.3, 0.4) is 0 Å². The Morgan fingerprint density at radius 1 is 1.26 bits per heavy atom. The molecular formula is C18H15N3OS. The second kappa shape index (κ2) is 5.64. The summed E-state index contributed by atoms with van der Waals surface area (Å²) in [5, 5.41) is 11.5. The number of rotatable bonds is 2. The molecule has 1 aromatic carbocycles. The highest BCUT2D eigenvalue weighted by atomic mass is 32.1. The summed E-state index contributed by atoms with van der Waals surface area (Å²) in [6.45, 7) is 0.0290. The van der Waals surface area contributed by atoms with Gasteiger partial charge in [0.05, 0.1) is 11.5 Å². The van der Waals surface area contributed by atoms with Crippen molar-refractivity contribution < 1.29 is 0 Å². The minimum absolute atomic E-state index is 0.0290. The maximum atomic E-state index is 12.6. The highest BCUT2D eigenvalue weighted by Crippen LogP contribution is 2.33. The van der Waals surface area contributed by atoms with Crippen LogP contribution in [0, 0.1) is 11.3 Å². The predicted molar refractivity (Wildman–Crippen MR) is 91.6 cm³/mol. The number of nitriles is 1. The Morgan fingerprint density at radius 2 is 2.09 bits per heavy atom. The molecule has 2 heterocycles. The topological polar surface area (TPSA) is 58.7 Å². The van der Waals surface area contributed by atoms with Gasteiger partial charge in [0.2, 0.25) is 0 Å². The van der Waals surface area contributed by atoms with E-state index in [9.17, 15) is 4.79 Å². The van der Waals surface area contributed by atoms with Crippen LogP contribution in [0.2, 0.25) is 0 Å². The summed E-state index contributed by atoms with van der Waals surface area (Å²) >= 11 is 1.48. The van der Waals surface area contributed by atoms with E-state index in [0.717, 1.165) is 28.8 Å². The van der Waals surface area contributed by atoms with Crippen LogP contribution in [0.1, 0.15) is 24.0 Å². The van der Waals surface area contributed by atoms with Crippen molar-refractivity contribution in [2.24, 2.45) is 0 Å². The Hall–Kier alpha value is -2.45. The molecule has 0 N–H and O–H groups in total. The molecule has 0 saturated carbocycles. The molecule has 1 aliphatic rings. The zero-order valence-electron chi connectivity index (χ0n) is 12.6. The van der Waals surface area contributed by atoms with Gasteiger partial charge in [-0.25, -0.2) is 4.98 Å². The van der Waals surface area contributed by atoms with Crippen molar-refractivity contribution in [1.82, 2.24) is 9.55 Å². The second-order valence-electron chi connectivity index (χ2n) is 5.86. The molecule has 0 aliphatic heterocycles. The summed E-state index contributed by atoms with van der Waals surface area (Å²) in [7, 11) is 0. The zero-order valence-corrected chi connectivity index (χ0v) is 13.4. The van der Waals surface area contributed by atoms with Gasteiger partial charge in [-0.2, -0.15) is 5.26 Å². The molecule has 0 spiro atoms. The van der Waals surface area contributed by atoms with Gasteiger partial charge in [0.1, 0.15) is 17.7 Å². The summed E-state index contributed by atoms with van der Waals surface area (Å²) in [6, 6.07) is 8.52. The van der Waals surface area contributed by atoms with Crippen LogP contribution >= 0.6 is 11.3 Å². The number of fused-ring (bicyclic) bond motifs is 2. The van der Waals surface area contributed by atoms with Gasteiger partial charge in [0, 0.05) is 10.9 Å². The fourth-order valence-corrected chi connectivity index (χ4v) is 4.18. The van der Waals surface area contributed by atoms with E-state index in [1.807, 2.05) is 11.4 Å². The molecule has 0 unspecified atom stereocenters. The minimum atomic E-state index is -0.134. The van der Waals surface area contributed by atoms with E-state index in [0.29, 0.717) is 5.39 Å². The Bertz CT molecular complexity index is 994. The van der Waals surface area contributed by atoms with Crippen LogP contribution < -0.4 is 5.56 Å². The first kappa shape index (κ1) is 14.2. The third-order valence-corrected chi connectivity index (χ3v) is 5.35. The van der Waals surface area contributed by atoms with Gasteiger partial charge in [-0.15, -0.1) is 11.3 Å². The third-order valence-electron chi connectivity index (χ3n) is 4.46. The van der Waals surface area contributed by atoms with Crippen LogP contribution in [0.5, 0.6) is 0 Å². The summed E-state index contributed by atoms with van der Waals surface area (Å²) in [5.74, 6) is 0. The molecular weight excluding hydrogens is 306 g/mol. The van der Waals surface area contributed by atoms with E-state index < -0.39 is 0 Å². The van der Waals surface area contributed by atoms with Crippen molar-refractivity contribution in [1.29, 1.82) is 5.26 Å². The number of hydrogen-bond donors (Lipinski definition) is 0. The van der Waals surface area contributed by atoms with Crippen LogP contribution in [0.25, 0.3) is 21.3 Å². The summed E-state index contributed by atoms with van der Waals surface area (Å²) in [4.78, 5) is 17.7. The molecule has 0 radical (unpaired) electrons. The fourth-order valence-electron chi connectivity index (χ4n) is 3.27. The first-order valence-electron chi connectivity index (χ1n) is 7.73. The lowest BCUT2D eigenvalue weighted by atomic mass is 9.89. The standard InChI is InChI=1S/C18H15N3OS/c19-7-8-21-11-20-17-16(18(21)22)15(10-23-17)14-6-5-12-3-1-2-4-13(12)9-14/h5-6,9-11H,1-4,8H2. The molecule has 23 heavy (non-hydrogen) atoms. The minimum Gasteiger partial charge on any atom is -0.285 e. The molecule has 1 aliphatic carbocycles. The SMILES string of the molecule is N#CCn1cnc2scc(-c3ccc4c(c3)CCCC4)c2c1=O. The summed E-state index contributed by atoms with van der Waals surface area (Å²) in [5.41, 5.74) is 4.70. The zero-order chi connectivity index (χ0) is 15.8. The maximum absolute atomic E-state index is 12.6. The Labute approximate surface area is 137 Å². The average Bonchev–Trinajstić information content (AvgIpc) is 3.02. The Morgan fingerprint density at radius 3 is 2.91 bits per heavy atom. The Kier molecular flexibility index (Phi) is 3.47. The molecule has 0 bridgehead atoms. The normalized spacial score (nSPS) is 13.7. The van der Waals surface area contributed by atoms with Crippen LogP contribution in [-0.2, 0) is 19.4 Å². The molecule has 0 fully saturated rings. The molecule has 5 heteroatoms. The quantitative estimate of drug-likeness (QED) is 0.725. The molecule has 3 aromatic rings. The van der Waals surface area contributed by atoms with E-state index in [1.165, 1.54) is 46.2 Å². The maximum Gasteiger partial charge on any atom is 0.263 e. The van der Waals surface area contributed by atoms with Crippen LogP contribution in [0.15, 0.2) is 34.7 Å². The van der Waals surface area contributed by atoms with Gasteiger partial charge >= 0.3 is 0 Å². The van der Waals surface area contributed by atoms with Crippen molar-refractivity contribution in [3.05, 3.63) is 51.4 Å². The number of thiophene rings is 1. The van der Waals surface area contributed by atoms with Crippen molar-refractivity contribution in [3.8, 4) is 17.2 Å². The number of aryl methyl sites for hydroxylation is 2. The first-order chi connectivity index (χ1) is 11.3. The first-order valence-corrected chi connectivity index (χ1v) is 8.61. The van der Waals surface area contributed by atoms with Crippen molar-refractivity contribution in [3.63, 3.8) is 0 Å². The molecule has 4 rings (SSSR count). The number of nitrogens with zero attached hydrogens (tertiary/aromatic N) is 3. The van der Waals surface area contributed by atoms with Crippen molar-refractivity contribution in [2.45, 2.75) is 32.2 Å². The fraction of sp³-hybridized carbons (Fsp3) is 0.278. The lowest BCUT2D eigenvalue weighted by Crippen LogP contribution is -2.19. The highest BCUT2D eigenvalue weighted by Gasteiger charge is 2.15. The molecule has 0 amide bonds. The average molecular weight is 321 g/mol. The van der Waals surface area contributed by atoms with Gasteiger partial charge in [-0.1, -0.05) is 18.2 Å². The van der Waals surface area contributed by atoms with E-state index >= 15 is 0 Å². The predicted octanol–water partition coefficient (Wildman–Crippen LogP) is 3.53. The van der Waals surface area contributed by atoms with E-state index in [2.05, 4.69) is 23.2 Å². The second-order valence-corrected chi connectivity index (χ2v) is 6.71. The lowest BCUT2D eigenvalue weighted by Gasteiger charge is -2.16. The molecule has 2 aromatic heterocycles. The number of hydrogen-bond acceptors (Lipinski definition) is 4. The lowest BCUT2D eigenvalue weighted by molar-refractivity contribution is 0.686. The van der Waals surface area contributed by atoms with Crippen LogP contribution in [-0.4, -0.2) is 9.55 Å². The number of aromatic nitrogens is 2. The van der Waals surface area contributed by atoms with Gasteiger partial charge in [0.15, 0.2) is 0 Å². The van der Waals surface area contributed by atoms with Crippen LogP contribution in [0.4, 0.5) is 0 Å². The molecule has 114 valence electrons. The monoisotopic (exact) mass is 321 g/mol. The largest absolute Gasteiger partial charge is 0.285 e. The van der Waals surface area contributed by atoms with Gasteiger partial charge in [-0.05, 0) is 42.4 Å². The van der Waals surface area contributed by atoms with Crippen molar-refractivity contribution in [2.75, 3.05) is 0 Å². The van der Waals surface area contributed by atoms with Crippen molar-refractivity contribution >= 4 is 21.6 Å². The molecule has 0 saturated heterocycles. The third kappa shape index (κ3) is 2.36. The highest BCUT2D eigenvalue weighted by molar-refractivity contribution is 7.17. The van der Waals surface area contributed by atoms with E-state index in [4.69, 9.17) is 5.26 Å². The van der Waals surface area contributed by atoms with E-state index in [1.54, 1.807) is 0 Å². The van der Waals surface area contributed by atoms with Gasteiger partial charge in [0.25, 0.3) is 5.56 Å². The molecule has 0 atom stereocenters. The Balaban J connectivity index is 1.91. The van der Waals surface area contributed by atoms with E-state index in [-0.39, 0.29) is 12.1 Å². The van der Waals surface area contributed by atoms with Gasteiger partial charge < -0.3 is 0 Å².